The van der Waals surface area contributed by atoms with Crippen molar-refractivity contribution in [1.82, 2.24) is 14.8 Å². The van der Waals surface area contributed by atoms with Gasteiger partial charge in [-0.15, -0.1) is 11.3 Å². The first kappa shape index (κ1) is 20.4. The molecule has 6 heteroatoms. The van der Waals surface area contributed by atoms with E-state index in [2.05, 4.69) is 48.8 Å². The summed E-state index contributed by atoms with van der Waals surface area (Å²) in [5, 5.41) is 13.4. The molecular formula is C26H24N4OS. The number of benzene rings is 2. The largest absolute Gasteiger partial charge is 0.273 e. The van der Waals surface area contributed by atoms with E-state index in [0.29, 0.717) is 12.8 Å². The summed E-state index contributed by atoms with van der Waals surface area (Å²) >= 11 is 1.65. The van der Waals surface area contributed by atoms with Crippen LogP contribution in [0.3, 0.4) is 0 Å². The number of carbonyl (C=O) groups excluding carboxylic acids is 1. The Morgan fingerprint density at radius 3 is 2.53 bits per heavy atom. The Kier molecular flexibility index (Phi) is 5.45. The van der Waals surface area contributed by atoms with Gasteiger partial charge in [-0.1, -0.05) is 61.0 Å². The maximum absolute atomic E-state index is 12.9. The fourth-order valence-electron chi connectivity index (χ4n) is 4.01. The summed E-state index contributed by atoms with van der Waals surface area (Å²) in [6.45, 7) is 3.95. The molecule has 32 heavy (non-hydrogen) atoms. The third-order valence-electron chi connectivity index (χ3n) is 5.73. The lowest BCUT2D eigenvalue weighted by Gasteiger charge is -2.21. The fourth-order valence-corrected chi connectivity index (χ4v) is 4.75. The molecule has 0 fully saturated rings. The third-order valence-corrected chi connectivity index (χ3v) is 6.61. The number of amides is 1. The number of aryl methyl sites for hydroxylation is 1. The van der Waals surface area contributed by atoms with Gasteiger partial charge in [-0.2, -0.15) is 10.2 Å². The second kappa shape index (κ2) is 8.55. The lowest BCUT2D eigenvalue weighted by atomic mass is 9.97. The molecule has 160 valence electrons. The van der Waals surface area contributed by atoms with E-state index in [4.69, 9.17) is 10.2 Å². The predicted molar refractivity (Wildman–Crippen MR) is 129 cm³/mol. The molecule has 2 aromatic carbocycles. The second-order valence-corrected chi connectivity index (χ2v) is 8.86. The highest BCUT2D eigenvalue weighted by molar-refractivity contribution is 7.13. The highest BCUT2D eigenvalue weighted by Crippen LogP contribution is 2.39. The van der Waals surface area contributed by atoms with Gasteiger partial charge in [-0.3, -0.25) is 4.79 Å². The van der Waals surface area contributed by atoms with Gasteiger partial charge < -0.3 is 0 Å². The first-order valence-corrected chi connectivity index (χ1v) is 11.7. The van der Waals surface area contributed by atoms with Crippen molar-refractivity contribution in [2.45, 2.75) is 32.7 Å². The fraction of sp³-hybridized carbons (Fsp3) is 0.192. The van der Waals surface area contributed by atoms with Crippen LogP contribution in [0.5, 0.6) is 0 Å². The minimum Gasteiger partial charge on any atom is -0.273 e. The first-order valence-electron chi connectivity index (χ1n) is 10.8. The van der Waals surface area contributed by atoms with Gasteiger partial charge in [0.1, 0.15) is 5.69 Å². The summed E-state index contributed by atoms with van der Waals surface area (Å²) in [6.07, 6.45) is 3.12. The molecule has 3 heterocycles. The van der Waals surface area contributed by atoms with E-state index < -0.39 is 0 Å². The van der Waals surface area contributed by atoms with E-state index in [1.807, 2.05) is 48.0 Å². The second-order valence-electron chi connectivity index (χ2n) is 7.91. The van der Waals surface area contributed by atoms with E-state index in [-0.39, 0.29) is 11.9 Å². The van der Waals surface area contributed by atoms with Crippen LogP contribution < -0.4 is 0 Å². The molecule has 1 amide bonds. The van der Waals surface area contributed by atoms with Gasteiger partial charge in [-0.05, 0) is 36.1 Å². The number of hydrogen-bond acceptors (Lipinski definition) is 4. The molecule has 5 nitrogen and oxygen atoms in total. The van der Waals surface area contributed by atoms with Crippen molar-refractivity contribution in [2.75, 3.05) is 0 Å². The molecule has 0 N–H and O–H groups in total. The molecule has 1 aliphatic heterocycles. The van der Waals surface area contributed by atoms with Crippen LogP contribution >= 0.6 is 11.3 Å². The van der Waals surface area contributed by atoms with Gasteiger partial charge in [0.2, 0.25) is 5.91 Å². The van der Waals surface area contributed by atoms with Crippen LogP contribution in [-0.4, -0.2) is 26.4 Å². The number of nitrogens with zero attached hydrogens (tertiary/aromatic N) is 4. The van der Waals surface area contributed by atoms with Crippen LogP contribution in [0.4, 0.5) is 0 Å². The molecule has 2 aromatic heterocycles. The lowest BCUT2D eigenvalue weighted by molar-refractivity contribution is -0.132. The van der Waals surface area contributed by atoms with Gasteiger partial charge in [-0.25, -0.2) is 9.69 Å². The predicted octanol–water partition coefficient (Wildman–Crippen LogP) is 6.00. The molecule has 0 saturated heterocycles. The van der Waals surface area contributed by atoms with Crippen LogP contribution in [0.25, 0.3) is 16.3 Å². The van der Waals surface area contributed by atoms with Crippen molar-refractivity contribution in [1.29, 1.82) is 0 Å². The normalized spacial score (nSPS) is 15.8. The van der Waals surface area contributed by atoms with Gasteiger partial charge in [0.15, 0.2) is 0 Å². The average Bonchev–Trinajstić information content (AvgIpc) is 3.58. The van der Waals surface area contributed by atoms with Crippen LogP contribution in [-0.2, 0) is 4.79 Å². The number of carbonyl (C=O) groups is 1. The molecule has 1 unspecified atom stereocenters. The Hall–Kier alpha value is -3.51. The summed E-state index contributed by atoms with van der Waals surface area (Å²) in [4.78, 5) is 14.0. The van der Waals surface area contributed by atoms with Crippen LogP contribution in [0, 0.1) is 6.92 Å². The number of hydrogen-bond donors (Lipinski definition) is 0. The molecule has 0 radical (unpaired) electrons. The highest BCUT2D eigenvalue weighted by Gasteiger charge is 2.35. The lowest BCUT2D eigenvalue weighted by Crippen LogP contribution is -2.26. The minimum atomic E-state index is -0.187. The Bertz CT molecular complexity index is 1260. The summed E-state index contributed by atoms with van der Waals surface area (Å²) in [5.41, 5.74) is 6.10. The van der Waals surface area contributed by atoms with Crippen LogP contribution in [0.2, 0.25) is 0 Å². The van der Waals surface area contributed by atoms with Crippen molar-refractivity contribution in [3.63, 3.8) is 0 Å². The van der Waals surface area contributed by atoms with E-state index in [1.54, 1.807) is 16.3 Å². The van der Waals surface area contributed by atoms with Crippen LogP contribution in [0.1, 0.15) is 42.5 Å². The number of hydrazone groups is 1. The molecule has 1 atom stereocenters. The summed E-state index contributed by atoms with van der Waals surface area (Å²) in [6, 6.07) is 22.3. The smallest absolute Gasteiger partial charge is 0.242 e. The van der Waals surface area contributed by atoms with Crippen molar-refractivity contribution >= 4 is 23.0 Å². The Labute approximate surface area is 191 Å². The maximum Gasteiger partial charge on any atom is 0.242 e. The SMILES string of the molecule is CCC(=O)N1N=C(c2ccc(C)cc2)CC1c1cn(-c2ccccc2)nc1-c1cccs1. The van der Waals surface area contributed by atoms with E-state index in [9.17, 15) is 4.79 Å². The first-order chi connectivity index (χ1) is 15.6. The molecule has 4 aromatic rings. The number of aromatic nitrogens is 2. The zero-order chi connectivity index (χ0) is 22.1. The van der Waals surface area contributed by atoms with Crippen molar-refractivity contribution in [3.05, 3.63) is 95.0 Å². The quantitative estimate of drug-likeness (QED) is 0.382. The van der Waals surface area contributed by atoms with Crippen molar-refractivity contribution in [3.8, 4) is 16.3 Å². The Balaban J connectivity index is 1.60. The number of thiophene rings is 1. The summed E-state index contributed by atoms with van der Waals surface area (Å²) in [7, 11) is 0. The maximum atomic E-state index is 12.9. The Morgan fingerprint density at radius 1 is 1.06 bits per heavy atom. The molecule has 5 rings (SSSR count). The van der Waals surface area contributed by atoms with E-state index >= 15 is 0 Å². The number of para-hydroxylation sites is 1. The number of rotatable bonds is 5. The molecular weight excluding hydrogens is 416 g/mol. The van der Waals surface area contributed by atoms with Gasteiger partial charge in [0.05, 0.1) is 22.3 Å². The van der Waals surface area contributed by atoms with E-state index in [0.717, 1.165) is 33.1 Å². The highest BCUT2D eigenvalue weighted by atomic mass is 32.1. The third kappa shape index (κ3) is 3.78. The van der Waals surface area contributed by atoms with Gasteiger partial charge in [0.25, 0.3) is 0 Å². The van der Waals surface area contributed by atoms with Crippen molar-refractivity contribution in [2.24, 2.45) is 5.10 Å². The monoisotopic (exact) mass is 440 g/mol. The standard InChI is InChI=1S/C26H24N4OS/c1-3-25(31)30-23(16-22(27-30)19-13-11-18(2)12-14-19)21-17-29(20-8-5-4-6-9-20)28-26(21)24-10-7-15-32-24/h4-15,17,23H,3,16H2,1-2H3. The molecule has 1 aliphatic rings. The van der Waals surface area contributed by atoms with Crippen LogP contribution in [0.15, 0.2) is 83.4 Å². The minimum absolute atomic E-state index is 0.0155. The Morgan fingerprint density at radius 2 is 1.84 bits per heavy atom. The molecule has 0 aliphatic carbocycles. The van der Waals surface area contributed by atoms with Gasteiger partial charge in [0, 0.05) is 24.6 Å². The molecule has 0 bridgehead atoms. The van der Waals surface area contributed by atoms with E-state index in [1.165, 1.54) is 5.56 Å². The zero-order valence-electron chi connectivity index (χ0n) is 18.1. The topological polar surface area (TPSA) is 50.5 Å². The molecule has 0 spiro atoms. The molecule has 0 saturated carbocycles. The summed E-state index contributed by atoms with van der Waals surface area (Å²) in [5.74, 6) is 0.0155. The summed E-state index contributed by atoms with van der Waals surface area (Å²) < 4.78 is 1.91. The van der Waals surface area contributed by atoms with Gasteiger partial charge >= 0.3 is 0 Å². The van der Waals surface area contributed by atoms with Crippen molar-refractivity contribution < 1.29 is 4.79 Å². The zero-order valence-corrected chi connectivity index (χ0v) is 18.9. The average molecular weight is 441 g/mol.